The number of ether oxygens (including phenoxy) is 2. The summed E-state index contributed by atoms with van der Waals surface area (Å²) in [5.41, 5.74) is 7.10. The quantitative estimate of drug-likeness (QED) is 0.839. The van der Waals surface area contributed by atoms with Crippen LogP contribution < -0.4 is 20.5 Å². The molecule has 1 amide bonds. The lowest BCUT2D eigenvalue weighted by atomic mass is 9.87. The van der Waals surface area contributed by atoms with Gasteiger partial charge in [-0.1, -0.05) is 19.3 Å². The molecule has 21 heavy (non-hydrogen) atoms. The SMILES string of the molecule is Nc1cc2c(cc1NC(=O)CC1CCCCC1)OCCO2. The summed E-state index contributed by atoms with van der Waals surface area (Å²) in [5, 5.41) is 2.91. The van der Waals surface area contributed by atoms with Gasteiger partial charge in [0.1, 0.15) is 13.2 Å². The van der Waals surface area contributed by atoms with Crippen LogP contribution in [0, 0.1) is 5.92 Å². The van der Waals surface area contributed by atoms with Gasteiger partial charge in [-0.05, 0) is 18.8 Å². The molecule has 1 fully saturated rings. The van der Waals surface area contributed by atoms with E-state index in [1.807, 2.05) is 0 Å². The van der Waals surface area contributed by atoms with Crippen LogP contribution in [0.25, 0.3) is 0 Å². The molecule has 3 rings (SSSR count). The lowest BCUT2D eigenvalue weighted by molar-refractivity contribution is -0.117. The molecule has 1 aromatic carbocycles. The number of hydrogen-bond donors (Lipinski definition) is 2. The number of anilines is 2. The second kappa shape index (κ2) is 6.24. The van der Waals surface area contributed by atoms with Crippen LogP contribution >= 0.6 is 0 Å². The smallest absolute Gasteiger partial charge is 0.224 e. The zero-order valence-electron chi connectivity index (χ0n) is 12.2. The highest BCUT2D eigenvalue weighted by Crippen LogP contribution is 2.37. The van der Waals surface area contributed by atoms with Crippen molar-refractivity contribution in [2.24, 2.45) is 5.92 Å². The molecule has 0 bridgehead atoms. The van der Waals surface area contributed by atoms with Gasteiger partial charge in [-0.3, -0.25) is 4.79 Å². The van der Waals surface area contributed by atoms with Gasteiger partial charge in [0.25, 0.3) is 0 Å². The summed E-state index contributed by atoms with van der Waals surface area (Å²) >= 11 is 0. The van der Waals surface area contributed by atoms with Crippen LogP contribution in [-0.2, 0) is 4.79 Å². The van der Waals surface area contributed by atoms with E-state index in [-0.39, 0.29) is 5.91 Å². The zero-order valence-corrected chi connectivity index (χ0v) is 12.2. The molecule has 1 heterocycles. The van der Waals surface area contributed by atoms with E-state index in [9.17, 15) is 4.79 Å². The third kappa shape index (κ3) is 3.40. The van der Waals surface area contributed by atoms with E-state index < -0.39 is 0 Å². The molecule has 5 nitrogen and oxygen atoms in total. The Morgan fingerprint density at radius 1 is 1.14 bits per heavy atom. The number of nitrogens with one attached hydrogen (secondary N) is 1. The van der Waals surface area contributed by atoms with Crippen molar-refractivity contribution in [2.45, 2.75) is 38.5 Å². The van der Waals surface area contributed by atoms with E-state index in [1.54, 1.807) is 12.1 Å². The highest BCUT2D eigenvalue weighted by molar-refractivity contribution is 5.94. The minimum Gasteiger partial charge on any atom is -0.486 e. The molecule has 1 aliphatic carbocycles. The number of nitrogens with two attached hydrogens (primary N) is 1. The minimum absolute atomic E-state index is 0.0327. The van der Waals surface area contributed by atoms with Crippen LogP contribution in [0.4, 0.5) is 11.4 Å². The summed E-state index contributed by atoms with van der Waals surface area (Å²) in [5.74, 6) is 1.83. The number of fused-ring (bicyclic) bond motifs is 1. The molecule has 0 spiro atoms. The fourth-order valence-electron chi connectivity index (χ4n) is 3.07. The molecule has 114 valence electrons. The molecule has 1 aromatic rings. The molecular weight excluding hydrogens is 268 g/mol. The summed E-state index contributed by atoms with van der Waals surface area (Å²) in [6.45, 7) is 1.05. The number of rotatable bonds is 3. The summed E-state index contributed by atoms with van der Waals surface area (Å²) in [6, 6.07) is 3.47. The number of benzene rings is 1. The van der Waals surface area contributed by atoms with Crippen LogP contribution in [0.3, 0.4) is 0 Å². The first-order valence-corrected chi connectivity index (χ1v) is 7.71. The van der Waals surface area contributed by atoms with Gasteiger partial charge in [0.15, 0.2) is 11.5 Å². The standard InChI is InChI=1S/C16H22N2O3/c17-12-9-14-15(21-7-6-20-14)10-13(12)18-16(19)8-11-4-2-1-3-5-11/h9-11H,1-8,17H2,(H,18,19). The highest BCUT2D eigenvalue weighted by Gasteiger charge is 2.19. The first-order valence-electron chi connectivity index (χ1n) is 7.71. The van der Waals surface area contributed by atoms with Crippen LogP contribution in [0.15, 0.2) is 12.1 Å². The average Bonchev–Trinajstić information content (AvgIpc) is 2.49. The lowest BCUT2D eigenvalue weighted by Gasteiger charge is -2.22. The van der Waals surface area contributed by atoms with Crippen molar-refractivity contribution >= 4 is 17.3 Å². The van der Waals surface area contributed by atoms with Gasteiger partial charge < -0.3 is 20.5 Å². The lowest BCUT2D eigenvalue weighted by Crippen LogP contribution is -2.20. The Morgan fingerprint density at radius 3 is 2.52 bits per heavy atom. The van der Waals surface area contributed by atoms with Gasteiger partial charge >= 0.3 is 0 Å². The Labute approximate surface area is 124 Å². The van der Waals surface area contributed by atoms with E-state index in [0.29, 0.717) is 48.4 Å². The van der Waals surface area contributed by atoms with Gasteiger partial charge in [-0.25, -0.2) is 0 Å². The molecule has 3 N–H and O–H groups in total. The van der Waals surface area contributed by atoms with Crippen molar-refractivity contribution in [3.8, 4) is 11.5 Å². The summed E-state index contributed by atoms with van der Waals surface area (Å²) in [4.78, 5) is 12.2. The molecule has 1 saturated carbocycles. The second-order valence-electron chi connectivity index (χ2n) is 5.84. The van der Waals surface area contributed by atoms with Gasteiger partial charge in [-0.2, -0.15) is 0 Å². The number of carbonyl (C=O) groups is 1. The summed E-state index contributed by atoms with van der Waals surface area (Å²) < 4.78 is 11.0. The molecule has 0 radical (unpaired) electrons. The largest absolute Gasteiger partial charge is 0.486 e. The van der Waals surface area contributed by atoms with Gasteiger partial charge in [0.2, 0.25) is 5.91 Å². The van der Waals surface area contributed by atoms with Crippen molar-refractivity contribution in [3.63, 3.8) is 0 Å². The molecule has 2 aliphatic rings. The zero-order chi connectivity index (χ0) is 14.7. The highest BCUT2D eigenvalue weighted by atomic mass is 16.6. The number of amides is 1. The maximum Gasteiger partial charge on any atom is 0.224 e. The number of hydrogen-bond acceptors (Lipinski definition) is 4. The van der Waals surface area contributed by atoms with Crippen molar-refractivity contribution in [1.29, 1.82) is 0 Å². The van der Waals surface area contributed by atoms with Gasteiger partial charge in [0, 0.05) is 18.6 Å². The molecule has 0 unspecified atom stereocenters. The summed E-state index contributed by atoms with van der Waals surface area (Å²) in [7, 11) is 0. The first-order chi connectivity index (χ1) is 10.2. The second-order valence-corrected chi connectivity index (χ2v) is 5.84. The maximum atomic E-state index is 12.2. The molecular formula is C16H22N2O3. The van der Waals surface area contributed by atoms with Crippen LogP contribution in [0.5, 0.6) is 11.5 Å². The van der Waals surface area contributed by atoms with Crippen molar-refractivity contribution in [3.05, 3.63) is 12.1 Å². The molecule has 1 aliphatic heterocycles. The predicted molar refractivity (Wildman–Crippen MR) is 81.7 cm³/mol. The van der Waals surface area contributed by atoms with Crippen LogP contribution in [-0.4, -0.2) is 19.1 Å². The molecule has 5 heteroatoms. The van der Waals surface area contributed by atoms with Crippen LogP contribution in [0.2, 0.25) is 0 Å². The average molecular weight is 290 g/mol. The van der Waals surface area contributed by atoms with E-state index >= 15 is 0 Å². The Balaban J connectivity index is 1.65. The Kier molecular flexibility index (Phi) is 4.18. The maximum absolute atomic E-state index is 12.2. The number of nitrogen functional groups attached to an aromatic ring is 1. The van der Waals surface area contributed by atoms with Gasteiger partial charge in [-0.15, -0.1) is 0 Å². The summed E-state index contributed by atoms with van der Waals surface area (Å²) in [6.07, 6.45) is 6.67. The van der Waals surface area contributed by atoms with Crippen molar-refractivity contribution in [1.82, 2.24) is 0 Å². The fraction of sp³-hybridized carbons (Fsp3) is 0.562. The van der Waals surface area contributed by atoms with E-state index in [2.05, 4.69) is 5.32 Å². The minimum atomic E-state index is 0.0327. The first kappa shape index (κ1) is 14.0. The van der Waals surface area contributed by atoms with Crippen molar-refractivity contribution in [2.75, 3.05) is 24.3 Å². The van der Waals surface area contributed by atoms with Crippen LogP contribution in [0.1, 0.15) is 38.5 Å². The topological polar surface area (TPSA) is 73.6 Å². The predicted octanol–water partition coefficient (Wildman–Crippen LogP) is 2.95. The molecule has 0 aromatic heterocycles. The number of carbonyl (C=O) groups excluding carboxylic acids is 1. The molecule has 0 saturated heterocycles. The van der Waals surface area contributed by atoms with E-state index in [0.717, 1.165) is 12.8 Å². The Hall–Kier alpha value is -1.91. The Bertz CT molecular complexity index is 524. The third-order valence-corrected chi connectivity index (χ3v) is 4.19. The van der Waals surface area contributed by atoms with E-state index in [4.69, 9.17) is 15.2 Å². The molecule has 0 atom stereocenters. The van der Waals surface area contributed by atoms with Crippen molar-refractivity contribution < 1.29 is 14.3 Å². The van der Waals surface area contributed by atoms with E-state index in [1.165, 1.54) is 19.3 Å². The fourth-order valence-corrected chi connectivity index (χ4v) is 3.07. The normalized spacial score (nSPS) is 18.3. The third-order valence-electron chi connectivity index (χ3n) is 4.19. The van der Waals surface area contributed by atoms with Gasteiger partial charge in [0.05, 0.1) is 11.4 Å². The Morgan fingerprint density at radius 2 is 1.81 bits per heavy atom. The monoisotopic (exact) mass is 290 g/mol.